The van der Waals surface area contributed by atoms with Crippen molar-refractivity contribution >= 4 is 11.9 Å². The number of hydrogen-bond acceptors (Lipinski definition) is 4. The van der Waals surface area contributed by atoms with E-state index in [-0.39, 0.29) is 11.8 Å². The van der Waals surface area contributed by atoms with Gasteiger partial charge in [-0.15, -0.1) is 0 Å². The highest BCUT2D eigenvalue weighted by molar-refractivity contribution is 5.94. The summed E-state index contributed by atoms with van der Waals surface area (Å²) in [6.45, 7) is 2.95. The predicted octanol–water partition coefficient (Wildman–Crippen LogP) is 0.333. The first-order chi connectivity index (χ1) is 9.02. The van der Waals surface area contributed by atoms with Crippen molar-refractivity contribution in [1.82, 2.24) is 9.88 Å². The lowest BCUT2D eigenvalue weighted by atomic mass is 9.86. The molecule has 0 saturated carbocycles. The van der Waals surface area contributed by atoms with Gasteiger partial charge in [0.15, 0.2) is 0 Å². The summed E-state index contributed by atoms with van der Waals surface area (Å²) in [6.07, 6.45) is 1.56. The van der Waals surface area contributed by atoms with Crippen molar-refractivity contribution in [3.63, 3.8) is 0 Å². The molecule has 1 saturated heterocycles. The summed E-state index contributed by atoms with van der Waals surface area (Å²) < 4.78 is 0. The zero-order chi connectivity index (χ0) is 14.0. The monoisotopic (exact) mass is 263 g/mol. The van der Waals surface area contributed by atoms with Gasteiger partial charge in [-0.25, -0.2) is 0 Å². The van der Waals surface area contributed by atoms with Gasteiger partial charge < -0.3 is 15.7 Å². The molecule has 3 N–H and O–H groups in total. The number of hydrogen-bond donors (Lipinski definition) is 2. The van der Waals surface area contributed by atoms with E-state index in [0.717, 1.165) is 0 Å². The molecule has 6 nitrogen and oxygen atoms in total. The molecule has 0 bridgehead atoms. The molecule has 102 valence electrons. The number of aliphatic carboxylic acids is 1. The first-order valence-corrected chi connectivity index (χ1v) is 6.20. The van der Waals surface area contributed by atoms with Crippen molar-refractivity contribution in [2.24, 2.45) is 17.6 Å². The highest BCUT2D eigenvalue weighted by Crippen LogP contribution is 2.25. The molecule has 0 spiro atoms. The van der Waals surface area contributed by atoms with Crippen LogP contribution in [-0.2, 0) is 11.3 Å². The molecule has 0 radical (unpaired) electrons. The number of nitrogens with two attached hydrogens (primary N) is 1. The summed E-state index contributed by atoms with van der Waals surface area (Å²) in [5.74, 6) is -1.28. The van der Waals surface area contributed by atoms with Crippen LogP contribution < -0.4 is 5.73 Å². The molecule has 0 aromatic carbocycles. The first-order valence-electron chi connectivity index (χ1n) is 6.20. The predicted molar refractivity (Wildman–Crippen MR) is 68.3 cm³/mol. The normalized spacial score (nSPS) is 16.8. The Labute approximate surface area is 111 Å². The van der Waals surface area contributed by atoms with Crippen molar-refractivity contribution in [2.45, 2.75) is 13.5 Å². The van der Waals surface area contributed by atoms with E-state index in [0.29, 0.717) is 30.9 Å². The van der Waals surface area contributed by atoms with E-state index in [1.54, 1.807) is 30.2 Å². The van der Waals surface area contributed by atoms with Gasteiger partial charge in [0.05, 0.1) is 11.6 Å². The fraction of sp³-hybridized carbons (Fsp3) is 0.462. The molecule has 1 amide bonds. The second-order valence-corrected chi connectivity index (χ2v) is 4.84. The van der Waals surface area contributed by atoms with Gasteiger partial charge in [0, 0.05) is 37.3 Å². The van der Waals surface area contributed by atoms with Crippen molar-refractivity contribution < 1.29 is 14.7 Å². The lowest BCUT2D eigenvalue weighted by Gasteiger charge is -2.41. The van der Waals surface area contributed by atoms with E-state index in [9.17, 15) is 9.59 Å². The molecule has 1 aromatic rings. The Bertz CT molecular complexity index is 498. The molecule has 6 heteroatoms. The highest BCUT2D eigenvalue weighted by Gasteiger charge is 2.37. The number of aromatic nitrogens is 1. The molecule has 1 atom stereocenters. The smallest absolute Gasteiger partial charge is 0.306 e. The van der Waals surface area contributed by atoms with Crippen molar-refractivity contribution in [1.29, 1.82) is 0 Å². The van der Waals surface area contributed by atoms with Crippen LogP contribution in [0.25, 0.3) is 0 Å². The Kier molecular flexibility index (Phi) is 3.80. The second kappa shape index (κ2) is 5.36. The number of likely N-dealkylation sites (tertiary alicyclic amines) is 1. The van der Waals surface area contributed by atoms with E-state index < -0.39 is 11.9 Å². The highest BCUT2D eigenvalue weighted by atomic mass is 16.4. The summed E-state index contributed by atoms with van der Waals surface area (Å²) in [5.41, 5.74) is 6.70. The summed E-state index contributed by atoms with van der Waals surface area (Å²) in [7, 11) is 0. The lowest BCUT2D eigenvalue weighted by molar-refractivity contribution is -0.144. The van der Waals surface area contributed by atoms with Gasteiger partial charge in [-0.2, -0.15) is 0 Å². The number of carboxylic acids is 1. The maximum atomic E-state index is 12.1. The Hall–Kier alpha value is -1.95. The Morgan fingerprint density at radius 3 is 2.84 bits per heavy atom. The van der Waals surface area contributed by atoms with Crippen LogP contribution in [0.5, 0.6) is 0 Å². The van der Waals surface area contributed by atoms with E-state index >= 15 is 0 Å². The molecule has 1 aliphatic rings. The molecule has 1 aromatic heterocycles. The third-order valence-electron chi connectivity index (χ3n) is 3.57. The molecular formula is C13H17N3O3. The molecule has 1 fully saturated rings. The minimum atomic E-state index is -0.813. The van der Waals surface area contributed by atoms with E-state index in [2.05, 4.69) is 4.98 Å². The van der Waals surface area contributed by atoms with Crippen molar-refractivity contribution in [2.75, 3.05) is 13.1 Å². The van der Waals surface area contributed by atoms with Crippen molar-refractivity contribution in [3.8, 4) is 0 Å². The van der Waals surface area contributed by atoms with Crippen LogP contribution in [0.3, 0.4) is 0 Å². The number of carboxylic acid groups (broad SMARTS) is 1. The van der Waals surface area contributed by atoms with E-state index in [4.69, 9.17) is 10.8 Å². The van der Waals surface area contributed by atoms with Gasteiger partial charge in [0.1, 0.15) is 0 Å². The topological polar surface area (TPSA) is 96.5 Å². The standard InChI is InChI=1S/C13H17N3O3/c1-8(13(18)19)10-6-16(7-10)12(17)9-2-3-15-11(4-9)5-14/h2-4,8,10H,5-7,14H2,1H3,(H,18,19). The second-order valence-electron chi connectivity index (χ2n) is 4.84. The number of nitrogens with zero attached hydrogens (tertiary/aromatic N) is 2. The van der Waals surface area contributed by atoms with E-state index in [1.807, 2.05) is 0 Å². The molecular weight excluding hydrogens is 246 g/mol. The zero-order valence-corrected chi connectivity index (χ0v) is 10.7. The minimum Gasteiger partial charge on any atom is -0.481 e. The van der Waals surface area contributed by atoms with Crippen molar-refractivity contribution in [3.05, 3.63) is 29.6 Å². The fourth-order valence-electron chi connectivity index (χ4n) is 2.10. The minimum absolute atomic E-state index is 0.0391. The van der Waals surface area contributed by atoms with Crippen LogP contribution >= 0.6 is 0 Å². The van der Waals surface area contributed by atoms with Gasteiger partial charge in [-0.3, -0.25) is 14.6 Å². The molecule has 19 heavy (non-hydrogen) atoms. The summed E-state index contributed by atoms with van der Waals surface area (Å²) in [6, 6.07) is 3.33. The SMILES string of the molecule is CC(C(=O)O)C1CN(C(=O)c2ccnc(CN)c2)C1. The van der Waals surface area contributed by atoms with Gasteiger partial charge in [-0.05, 0) is 12.1 Å². The van der Waals surface area contributed by atoms with Gasteiger partial charge in [0.2, 0.25) is 0 Å². The Morgan fingerprint density at radius 1 is 1.58 bits per heavy atom. The van der Waals surface area contributed by atoms with Gasteiger partial charge in [-0.1, -0.05) is 6.92 Å². The van der Waals surface area contributed by atoms with Crippen LogP contribution in [0.15, 0.2) is 18.3 Å². The number of pyridine rings is 1. The Balaban J connectivity index is 1.98. The average molecular weight is 263 g/mol. The van der Waals surface area contributed by atoms with Crippen LogP contribution in [0.2, 0.25) is 0 Å². The third kappa shape index (κ3) is 2.73. The van der Waals surface area contributed by atoms with Crippen LogP contribution in [0.1, 0.15) is 23.0 Å². The zero-order valence-electron chi connectivity index (χ0n) is 10.7. The summed E-state index contributed by atoms with van der Waals surface area (Å²) in [4.78, 5) is 28.7. The molecule has 2 rings (SSSR count). The van der Waals surface area contributed by atoms with Crippen LogP contribution in [0.4, 0.5) is 0 Å². The quantitative estimate of drug-likeness (QED) is 0.816. The number of carbonyl (C=O) groups is 2. The molecule has 2 heterocycles. The summed E-state index contributed by atoms with van der Waals surface area (Å²) >= 11 is 0. The van der Waals surface area contributed by atoms with E-state index in [1.165, 1.54) is 0 Å². The van der Waals surface area contributed by atoms with Crippen LogP contribution in [-0.4, -0.2) is 40.0 Å². The molecule has 1 aliphatic heterocycles. The van der Waals surface area contributed by atoms with Gasteiger partial charge in [0.25, 0.3) is 5.91 Å². The third-order valence-corrected chi connectivity index (χ3v) is 3.57. The maximum Gasteiger partial charge on any atom is 0.306 e. The number of rotatable bonds is 4. The average Bonchev–Trinajstić information content (AvgIpc) is 2.36. The largest absolute Gasteiger partial charge is 0.481 e. The van der Waals surface area contributed by atoms with Gasteiger partial charge >= 0.3 is 5.97 Å². The summed E-state index contributed by atoms with van der Waals surface area (Å²) in [5, 5.41) is 8.90. The first kappa shape index (κ1) is 13.5. The molecule has 1 unspecified atom stereocenters. The lowest BCUT2D eigenvalue weighted by Crippen LogP contribution is -2.53. The Morgan fingerprint density at radius 2 is 2.26 bits per heavy atom. The van der Waals surface area contributed by atoms with Crippen LogP contribution in [0, 0.1) is 11.8 Å². The number of carbonyl (C=O) groups excluding carboxylic acids is 1. The molecule has 0 aliphatic carbocycles. The fourth-order valence-corrected chi connectivity index (χ4v) is 2.10. The number of amides is 1. The maximum absolute atomic E-state index is 12.1.